The fourth-order valence-corrected chi connectivity index (χ4v) is 0.642. The molecule has 0 saturated carbocycles. The van der Waals surface area contributed by atoms with E-state index in [1.807, 2.05) is 67.5 Å². The number of hydrogen-bond acceptors (Lipinski definition) is 0. The van der Waals surface area contributed by atoms with Gasteiger partial charge < -0.3 is 14.9 Å². The van der Waals surface area contributed by atoms with E-state index >= 15 is 0 Å². The van der Waals surface area contributed by atoms with Crippen LogP contribution in [0.2, 0.25) is 0 Å². The average Bonchev–Trinajstić information content (AvgIpc) is 2.87. The van der Waals surface area contributed by atoms with Crippen molar-refractivity contribution in [2.24, 2.45) is 0 Å². The molecule has 0 aromatic heterocycles. The van der Waals surface area contributed by atoms with Gasteiger partial charge in [0.05, 0.1) is 0 Å². The van der Waals surface area contributed by atoms with Gasteiger partial charge in [0.1, 0.15) is 0 Å². The summed E-state index contributed by atoms with van der Waals surface area (Å²) in [5.41, 5.74) is 0. The van der Waals surface area contributed by atoms with Crippen molar-refractivity contribution < 1.29 is 23.3 Å². The van der Waals surface area contributed by atoms with E-state index in [0.29, 0.717) is 0 Å². The zero-order valence-corrected chi connectivity index (χ0v) is 12.9. The van der Waals surface area contributed by atoms with Crippen molar-refractivity contribution in [1.82, 2.24) is 0 Å². The van der Waals surface area contributed by atoms with Gasteiger partial charge >= 0.3 is 30.2 Å². The molecule has 2 rings (SSSR count). The van der Waals surface area contributed by atoms with Gasteiger partial charge in [-0.05, 0) is 0 Å². The van der Waals surface area contributed by atoms with Crippen LogP contribution in [0, 0.1) is 14.9 Å². The van der Waals surface area contributed by atoms with Gasteiger partial charge in [0.25, 0.3) is 0 Å². The Bertz CT molecular complexity index is 162. The van der Waals surface area contributed by atoms with Crippen molar-refractivity contribution >= 4 is 6.88 Å². The molecule has 0 spiro atoms. The fourth-order valence-electron chi connectivity index (χ4n) is 0.642. The van der Waals surface area contributed by atoms with Crippen molar-refractivity contribution in [3.63, 3.8) is 0 Å². The molecule has 0 atom stereocenters. The molecule has 14 heavy (non-hydrogen) atoms. The molecular weight excluding hydrogens is 263 g/mol. The second kappa shape index (κ2) is 18.6. The molecule has 2 heteroatoms. The van der Waals surface area contributed by atoms with E-state index < -0.39 is 0 Å². The molecule has 2 aromatic rings. The summed E-state index contributed by atoms with van der Waals surface area (Å²) in [6, 6.07) is 20.0. The monoisotopic (exact) mass is 280 g/mol. The van der Waals surface area contributed by atoms with Crippen LogP contribution in [0.25, 0.3) is 0 Å². The largest absolute Gasteiger partial charge is 0.214 e. The fraction of sp³-hybridized carbons (Fsp3) is 0. The summed E-state index contributed by atoms with van der Waals surface area (Å²) in [7, 11) is 0. The minimum atomic E-state index is 0. The van der Waals surface area contributed by atoms with Crippen LogP contribution in [0.15, 0.2) is 60.7 Å². The summed E-state index contributed by atoms with van der Waals surface area (Å²) in [5.74, 6) is 0. The smallest absolute Gasteiger partial charge is 0.172 e. The first-order valence-electron chi connectivity index (χ1n) is 3.69. The Morgan fingerprint density at radius 1 is 0.643 bits per heavy atom. The van der Waals surface area contributed by atoms with Gasteiger partial charge in [-0.2, -0.15) is 36.4 Å². The molecular formula is C12H18SiZr-4. The summed E-state index contributed by atoms with van der Waals surface area (Å²) in [4.78, 5) is 0. The van der Waals surface area contributed by atoms with Crippen molar-refractivity contribution in [3.05, 3.63) is 75.5 Å². The molecule has 0 aliphatic heterocycles. The SMILES string of the molecule is [CH3-].[CH3-].[SiH2]=[Zr].c1cc[cH-]c1.c1cc[cH-]c1. The predicted molar refractivity (Wildman–Crippen MR) is 65.4 cm³/mol. The molecule has 0 fully saturated rings. The second-order valence-corrected chi connectivity index (χ2v) is 1.92. The molecule has 0 amide bonds. The van der Waals surface area contributed by atoms with Crippen LogP contribution in [0.4, 0.5) is 0 Å². The van der Waals surface area contributed by atoms with Gasteiger partial charge in [-0.1, -0.05) is 0 Å². The van der Waals surface area contributed by atoms with Crippen LogP contribution < -0.4 is 0 Å². The maximum atomic E-state index is 2.00. The first kappa shape index (κ1) is 19.4. The van der Waals surface area contributed by atoms with Crippen LogP contribution in [-0.4, -0.2) is 6.88 Å². The predicted octanol–water partition coefficient (Wildman–Crippen LogP) is 2.79. The molecule has 78 valence electrons. The van der Waals surface area contributed by atoms with Crippen LogP contribution >= 0.6 is 0 Å². The number of hydrogen-bond donors (Lipinski definition) is 0. The Labute approximate surface area is 105 Å². The third-order valence-electron chi connectivity index (χ3n) is 1.11. The van der Waals surface area contributed by atoms with Crippen molar-refractivity contribution in [2.75, 3.05) is 0 Å². The normalized spacial score (nSPS) is 5.93. The minimum Gasteiger partial charge on any atom is -0.214 e. The molecule has 0 radical (unpaired) electrons. The second-order valence-electron chi connectivity index (χ2n) is 1.92. The standard InChI is InChI=1S/2C5H5.2CH3.H2Si.Zr/c2*1-2-4-5-3-1;;;;/h2*1-5H;2*1H3;1H2;/q4*-1;;. The van der Waals surface area contributed by atoms with E-state index in [1.54, 1.807) is 23.3 Å². The van der Waals surface area contributed by atoms with E-state index in [-0.39, 0.29) is 14.9 Å². The maximum absolute atomic E-state index is 2.00. The summed E-state index contributed by atoms with van der Waals surface area (Å²) in [6.45, 7) is 1.95. The van der Waals surface area contributed by atoms with Gasteiger partial charge in [-0.25, -0.2) is 24.3 Å². The van der Waals surface area contributed by atoms with Gasteiger partial charge in [0.15, 0.2) is 0 Å². The topological polar surface area (TPSA) is 0 Å². The molecule has 0 bridgehead atoms. The molecule has 0 unspecified atom stereocenters. The first-order valence-corrected chi connectivity index (χ1v) is 9.61. The van der Waals surface area contributed by atoms with E-state index in [2.05, 4.69) is 0 Å². The van der Waals surface area contributed by atoms with Crippen molar-refractivity contribution in [2.45, 2.75) is 0 Å². The molecule has 0 N–H and O–H groups in total. The third-order valence-corrected chi connectivity index (χ3v) is 1.11. The van der Waals surface area contributed by atoms with E-state index in [4.69, 9.17) is 0 Å². The van der Waals surface area contributed by atoms with Crippen molar-refractivity contribution in [3.8, 4) is 0 Å². The van der Waals surface area contributed by atoms with Gasteiger partial charge in [-0.15, -0.1) is 0 Å². The van der Waals surface area contributed by atoms with E-state index in [1.165, 1.54) is 0 Å². The van der Waals surface area contributed by atoms with Crippen LogP contribution in [0.1, 0.15) is 0 Å². The van der Waals surface area contributed by atoms with Gasteiger partial charge in [0.2, 0.25) is 0 Å². The summed E-state index contributed by atoms with van der Waals surface area (Å²) in [5, 5.41) is 0. The summed E-state index contributed by atoms with van der Waals surface area (Å²) < 4.78 is 0. The van der Waals surface area contributed by atoms with Gasteiger partial charge in [0, 0.05) is 0 Å². The molecule has 2 aromatic carbocycles. The molecule has 0 aliphatic rings. The Hall–Kier alpha value is -0.200. The summed E-state index contributed by atoms with van der Waals surface area (Å²) in [6.07, 6.45) is 0. The van der Waals surface area contributed by atoms with E-state index in [0.717, 1.165) is 0 Å². The quantitative estimate of drug-likeness (QED) is 0.514. The minimum absolute atomic E-state index is 0. The zero-order chi connectivity index (χ0) is 9.07. The van der Waals surface area contributed by atoms with Gasteiger partial charge in [-0.3, -0.25) is 0 Å². The zero-order valence-electron chi connectivity index (χ0n) is 8.98. The Morgan fingerprint density at radius 2 is 0.857 bits per heavy atom. The van der Waals surface area contributed by atoms with E-state index in [9.17, 15) is 0 Å². The average molecular weight is 282 g/mol. The Balaban J connectivity index is -0.000000131. The third kappa shape index (κ3) is 14.3. The maximum Gasteiger partial charge on any atom is -0.172 e. The molecule has 0 saturated heterocycles. The molecule has 0 nitrogen and oxygen atoms in total. The Morgan fingerprint density at radius 3 is 0.929 bits per heavy atom. The first-order chi connectivity index (χ1) is 6.00. The molecule has 0 heterocycles. The van der Waals surface area contributed by atoms with Crippen LogP contribution in [0.3, 0.4) is 0 Å². The molecule has 0 aliphatic carbocycles. The van der Waals surface area contributed by atoms with Crippen LogP contribution in [-0.2, 0) is 23.3 Å². The van der Waals surface area contributed by atoms with Crippen LogP contribution in [0.5, 0.6) is 0 Å². The Kier molecular flexibility index (Phi) is 25.7. The summed E-state index contributed by atoms with van der Waals surface area (Å²) >= 11 is 1.58. The van der Waals surface area contributed by atoms with Crippen molar-refractivity contribution in [1.29, 1.82) is 0 Å². The number of rotatable bonds is 0.